The van der Waals surface area contributed by atoms with Gasteiger partial charge in [0.2, 0.25) is 0 Å². The number of ether oxygens (including phenoxy) is 1. The Morgan fingerprint density at radius 3 is 2.27 bits per heavy atom. The summed E-state index contributed by atoms with van der Waals surface area (Å²) in [4.78, 5) is 16.2. The number of hydrogen-bond donors (Lipinski definition) is 1. The van der Waals surface area contributed by atoms with Crippen LogP contribution in [-0.2, 0) is 17.4 Å². The molecule has 0 saturated carbocycles. The van der Waals surface area contributed by atoms with Crippen LogP contribution in [0.1, 0.15) is 37.2 Å². The Bertz CT molecular complexity index is 1760. The van der Waals surface area contributed by atoms with Crippen LogP contribution < -0.4 is 9.20 Å². The molecule has 0 aliphatic rings. The molecule has 1 N–H and O–H groups in total. The molecule has 1 unspecified atom stereocenters. The summed E-state index contributed by atoms with van der Waals surface area (Å²) in [5.74, 6) is -0.466. The minimum absolute atomic E-state index is 0.0202. The van der Waals surface area contributed by atoms with Gasteiger partial charge in [-0.15, -0.1) is 0 Å². The van der Waals surface area contributed by atoms with Gasteiger partial charge in [0.15, 0.2) is 0 Å². The second kappa shape index (κ2) is 13.6. The molecular weight excluding hydrogens is 697 g/mol. The van der Waals surface area contributed by atoms with Gasteiger partial charge in [0.25, 0.3) is 0 Å². The molecule has 4 nitrogen and oxygen atoms in total. The molecule has 5 rings (SSSR count). The van der Waals surface area contributed by atoms with E-state index in [0.29, 0.717) is 11.3 Å². The Morgan fingerprint density at radius 2 is 1.61 bits per heavy atom. The van der Waals surface area contributed by atoms with Gasteiger partial charge in [0.05, 0.1) is 0 Å². The van der Waals surface area contributed by atoms with Gasteiger partial charge in [-0.05, 0) is 0 Å². The maximum absolute atomic E-state index is 13.3. The van der Waals surface area contributed by atoms with Crippen LogP contribution in [0, 0.1) is 20.8 Å². The van der Waals surface area contributed by atoms with Gasteiger partial charge >= 0.3 is 268 Å². The van der Waals surface area contributed by atoms with Gasteiger partial charge in [0.1, 0.15) is 0 Å². The van der Waals surface area contributed by atoms with Gasteiger partial charge < -0.3 is 0 Å². The number of hydrogen-bond acceptors (Lipinski definition) is 3. The Balaban J connectivity index is 1.44. The van der Waals surface area contributed by atoms with E-state index < -0.39 is 24.3 Å². The van der Waals surface area contributed by atoms with Gasteiger partial charge in [-0.3, -0.25) is 0 Å². The van der Waals surface area contributed by atoms with Crippen LogP contribution in [0.4, 0.5) is 13.2 Å². The fourth-order valence-electron chi connectivity index (χ4n) is 4.80. The molecule has 1 heterocycles. The maximum atomic E-state index is 13.3. The molecule has 4 aromatic carbocycles. The number of aromatic nitrogens is 1. The van der Waals surface area contributed by atoms with Crippen molar-refractivity contribution in [2.24, 2.45) is 0 Å². The molecule has 5 aromatic rings. The first-order valence-electron chi connectivity index (χ1n) is 13.9. The number of aliphatic carboxylic acids is 1. The third kappa shape index (κ3) is 7.91. The van der Waals surface area contributed by atoms with Crippen molar-refractivity contribution in [3.05, 3.63) is 123 Å². The SMILES string of the molecule is Cc1ccc(-c2nc(C)c(C(Cc3ccc(-c4cccc(C(F)(F)F)c4)cc3)[Se]c3ccc(OCC(=O)O)c(C)c3)[se]2)cc1. The van der Waals surface area contributed by atoms with Crippen molar-refractivity contribution >= 4 is 39.9 Å². The molecule has 1 atom stereocenters. The minimum atomic E-state index is -4.39. The zero-order chi connectivity index (χ0) is 31.4. The summed E-state index contributed by atoms with van der Waals surface area (Å²) in [7, 11) is 0. The van der Waals surface area contributed by atoms with Crippen molar-refractivity contribution < 1.29 is 27.8 Å². The summed E-state index contributed by atoms with van der Waals surface area (Å²) >= 11 is 0.0652. The van der Waals surface area contributed by atoms with E-state index in [0.717, 1.165) is 45.0 Å². The average molecular weight is 728 g/mol. The standard InChI is InChI=1S/C35H30F3NO3Se2/c1-21-7-11-26(12-8-21)34-39-23(3)33(44-34)31(43-29-15-16-30(22(2)17-29)42-20-32(40)41)18-24-9-13-25(14-10-24)27-5-4-6-28(19-27)35(36,37)38/h4-17,19,31H,18,20H2,1-3H3,(H,40,41). The normalized spacial score (nSPS) is 12.2. The molecule has 226 valence electrons. The summed E-state index contributed by atoms with van der Waals surface area (Å²) in [6, 6.07) is 27.6. The second-order valence-electron chi connectivity index (χ2n) is 10.5. The predicted molar refractivity (Wildman–Crippen MR) is 169 cm³/mol. The van der Waals surface area contributed by atoms with Gasteiger partial charge in [-0.1, -0.05) is 0 Å². The molecular formula is C35H30F3NO3Se2. The van der Waals surface area contributed by atoms with E-state index in [1.54, 1.807) is 6.07 Å². The number of rotatable bonds is 10. The fourth-order valence-corrected chi connectivity index (χ4v) is 10.7. The van der Waals surface area contributed by atoms with Crippen molar-refractivity contribution in [2.45, 2.75) is 38.2 Å². The van der Waals surface area contributed by atoms with Crippen molar-refractivity contribution in [3.8, 4) is 27.0 Å². The summed E-state index contributed by atoms with van der Waals surface area (Å²) < 4.78 is 48.9. The first-order valence-corrected chi connectivity index (χ1v) is 17.4. The number of carbonyl (C=O) groups is 1. The van der Waals surface area contributed by atoms with Crippen LogP contribution in [0.3, 0.4) is 0 Å². The van der Waals surface area contributed by atoms with Gasteiger partial charge in [-0.25, -0.2) is 0 Å². The van der Waals surface area contributed by atoms with E-state index in [1.807, 2.05) is 43.3 Å². The van der Waals surface area contributed by atoms with Crippen molar-refractivity contribution in [1.29, 1.82) is 0 Å². The predicted octanol–water partition coefficient (Wildman–Crippen LogP) is 7.19. The van der Waals surface area contributed by atoms with E-state index in [4.69, 9.17) is 14.8 Å². The van der Waals surface area contributed by atoms with Crippen LogP contribution in [0.15, 0.2) is 91.0 Å². The Labute approximate surface area is 266 Å². The molecule has 0 radical (unpaired) electrons. The first-order chi connectivity index (χ1) is 21.0. The third-order valence-corrected chi connectivity index (χ3v) is 13.2. The molecule has 1 aromatic heterocycles. The summed E-state index contributed by atoms with van der Waals surface area (Å²) in [6.45, 7) is 5.67. The molecule has 0 aliphatic carbocycles. The Morgan fingerprint density at radius 1 is 0.909 bits per heavy atom. The summed E-state index contributed by atoms with van der Waals surface area (Å²) in [5.41, 5.74) is 5.97. The number of nitrogens with zero attached hydrogens (tertiary/aromatic N) is 1. The van der Waals surface area contributed by atoms with Crippen LogP contribution in [0.5, 0.6) is 5.75 Å². The molecule has 44 heavy (non-hydrogen) atoms. The fraction of sp³-hybridized carbons (Fsp3) is 0.200. The first kappa shape index (κ1) is 31.8. The van der Waals surface area contributed by atoms with E-state index in [2.05, 4.69) is 44.2 Å². The molecule has 0 saturated heterocycles. The van der Waals surface area contributed by atoms with E-state index >= 15 is 0 Å². The summed E-state index contributed by atoms with van der Waals surface area (Å²) in [5, 5.41) is 8.99. The molecule has 0 spiro atoms. The zero-order valence-corrected chi connectivity index (χ0v) is 27.7. The molecule has 9 heteroatoms. The number of alkyl halides is 3. The van der Waals surface area contributed by atoms with E-state index in [1.165, 1.54) is 26.6 Å². The zero-order valence-electron chi connectivity index (χ0n) is 24.3. The number of aryl methyl sites for hydroxylation is 3. The monoisotopic (exact) mass is 729 g/mol. The van der Waals surface area contributed by atoms with Crippen LogP contribution in [0.25, 0.3) is 21.3 Å². The van der Waals surface area contributed by atoms with Crippen LogP contribution in [-0.4, -0.2) is 52.1 Å². The number of halogens is 3. The third-order valence-electron chi connectivity index (χ3n) is 7.10. The van der Waals surface area contributed by atoms with Crippen LogP contribution >= 0.6 is 0 Å². The van der Waals surface area contributed by atoms with E-state index in [-0.39, 0.29) is 34.3 Å². The van der Waals surface area contributed by atoms with Crippen molar-refractivity contribution in [2.75, 3.05) is 6.61 Å². The van der Waals surface area contributed by atoms with E-state index in [9.17, 15) is 18.0 Å². The number of carboxylic acids is 1. The van der Waals surface area contributed by atoms with Gasteiger partial charge in [-0.2, -0.15) is 0 Å². The molecule has 0 fully saturated rings. The molecule has 0 bridgehead atoms. The van der Waals surface area contributed by atoms with Crippen LogP contribution in [0.2, 0.25) is 0 Å². The topological polar surface area (TPSA) is 59.4 Å². The Hall–Kier alpha value is -3.61. The Kier molecular flexibility index (Phi) is 9.81. The number of carboxylic acid groups (broad SMARTS) is 1. The van der Waals surface area contributed by atoms with Crippen molar-refractivity contribution in [1.82, 2.24) is 4.98 Å². The molecule has 0 aliphatic heterocycles. The van der Waals surface area contributed by atoms with Gasteiger partial charge in [0, 0.05) is 0 Å². The average Bonchev–Trinajstić information content (AvgIpc) is 3.38. The summed E-state index contributed by atoms with van der Waals surface area (Å²) in [6.07, 6.45) is -3.62. The van der Waals surface area contributed by atoms with Crippen molar-refractivity contribution in [3.63, 3.8) is 0 Å². The quantitative estimate of drug-likeness (QED) is 0.155. The second-order valence-corrected chi connectivity index (χ2v) is 15.4. The number of benzene rings is 4. The molecule has 0 amide bonds.